The van der Waals surface area contributed by atoms with Gasteiger partial charge in [-0.25, -0.2) is 0 Å². The highest BCUT2D eigenvalue weighted by Crippen LogP contribution is 2.52. The Morgan fingerprint density at radius 2 is 2.00 bits per heavy atom. The number of likely N-dealkylation sites (N-methyl/N-ethyl adjacent to an activating group) is 1. The molecule has 0 aromatic rings. The van der Waals surface area contributed by atoms with Crippen molar-refractivity contribution < 1.29 is 4.48 Å². The smallest absolute Gasteiger partial charge is 0.118 e. The van der Waals surface area contributed by atoms with Crippen molar-refractivity contribution in [3.8, 4) is 0 Å². The van der Waals surface area contributed by atoms with Crippen LogP contribution in [-0.2, 0) is 0 Å². The van der Waals surface area contributed by atoms with Gasteiger partial charge in [-0.05, 0) is 44.6 Å². The Hall–Kier alpha value is -0.300. The van der Waals surface area contributed by atoms with E-state index in [1.54, 1.807) is 0 Å². The standard InChI is InChI=1S/C16H28N/c1-4-13-11-16(2)15-8-6-5-7-14(15)9-10-17(16,3)12-13/h13H,4-12H2,1-3H3/q+1/t13-,16-,17-/m1/s1. The minimum absolute atomic E-state index is 0.509. The van der Waals surface area contributed by atoms with E-state index in [9.17, 15) is 0 Å². The summed E-state index contributed by atoms with van der Waals surface area (Å²) in [5.41, 5.74) is 4.27. The van der Waals surface area contributed by atoms with Crippen LogP contribution in [-0.4, -0.2) is 30.2 Å². The molecule has 3 rings (SSSR count). The Bertz CT molecular complexity index is 357. The molecule has 3 aliphatic rings. The van der Waals surface area contributed by atoms with Gasteiger partial charge < -0.3 is 4.48 Å². The van der Waals surface area contributed by atoms with Gasteiger partial charge in [-0.2, -0.15) is 0 Å². The van der Waals surface area contributed by atoms with Crippen molar-refractivity contribution in [2.45, 2.75) is 64.3 Å². The van der Waals surface area contributed by atoms with Gasteiger partial charge >= 0.3 is 0 Å². The number of fused-ring (bicyclic) bond motifs is 2. The van der Waals surface area contributed by atoms with Crippen LogP contribution < -0.4 is 0 Å². The van der Waals surface area contributed by atoms with Gasteiger partial charge in [0, 0.05) is 18.8 Å². The molecule has 1 fully saturated rings. The molecule has 2 heterocycles. The summed E-state index contributed by atoms with van der Waals surface area (Å²) in [4.78, 5) is 0. The summed E-state index contributed by atoms with van der Waals surface area (Å²) < 4.78 is 1.35. The van der Waals surface area contributed by atoms with Crippen molar-refractivity contribution >= 4 is 0 Å². The number of hydrogen-bond donors (Lipinski definition) is 0. The summed E-state index contributed by atoms with van der Waals surface area (Å²) in [5, 5.41) is 0. The Labute approximate surface area is 106 Å². The molecule has 1 saturated heterocycles. The molecule has 0 bridgehead atoms. The van der Waals surface area contributed by atoms with Gasteiger partial charge in [0.25, 0.3) is 0 Å². The molecule has 0 spiro atoms. The SMILES string of the molecule is CC[C@@H]1C[C@]2(C)C3=C(CCCC3)CC[N@+]2(C)C1. The van der Waals surface area contributed by atoms with Gasteiger partial charge in [0.05, 0.1) is 20.1 Å². The van der Waals surface area contributed by atoms with E-state index in [2.05, 4.69) is 20.9 Å². The number of hydrogen-bond acceptors (Lipinski definition) is 0. The minimum atomic E-state index is 0.509. The summed E-state index contributed by atoms with van der Waals surface area (Å²) >= 11 is 0. The van der Waals surface area contributed by atoms with Gasteiger partial charge in [-0.3, -0.25) is 0 Å². The third-order valence-corrected chi connectivity index (χ3v) is 6.26. The fourth-order valence-electron chi connectivity index (χ4n) is 4.95. The summed E-state index contributed by atoms with van der Waals surface area (Å²) in [6.07, 6.45) is 9.97. The molecule has 96 valence electrons. The van der Waals surface area contributed by atoms with Crippen LogP contribution in [0, 0.1) is 5.92 Å². The van der Waals surface area contributed by atoms with Crippen LogP contribution >= 0.6 is 0 Å². The number of rotatable bonds is 1. The maximum atomic E-state index is 2.59. The van der Waals surface area contributed by atoms with Gasteiger partial charge in [-0.15, -0.1) is 0 Å². The predicted molar refractivity (Wildman–Crippen MR) is 72.8 cm³/mol. The first-order valence-electron chi connectivity index (χ1n) is 7.65. The second kappa shape index (κ2) is 3.85. The number of quaternary nitrogens is 1. The molecule has 1 heteroatoms. The molecule has 1 aliphatic carbocycles. The summed E-state index contributed by atoms with van der Waals surface area (Å²) in [7, 11) is 2.54. The van der Waals surface area contributed by atoms with E-state index in [1.807, 2.05) is 11.1 Å². The van der Waals surface area contributed by atoms with E-state index in [0.29, 0.717) is 5.54 Å². The summed E-state index contributed by atoms with van der Waals surface area (Å²) in [6, 6.07) is 0. The molecule has 0 N–H and O–H groups in total. The van der Waals surface area contributed by atoms with Crippen LogP contribution in [0.2, 0.25) is 0 Å². The van der Waals surface area contributed by atoms with Crippen molar-refractivity contribution in [1.29, 1.82) is 0 Å². The highest BCUT2D eigenvalue weighted by atomic mass is 15.4. The molecule has 0 saturated carbocycles. The molecule has 17 heavy (non-hydrogen) atoms. The lowest BCUT2D eigenvalue weighted by atomic mass is 9.73. The molecule has 0 unspecified atom stereocenters. The lowest BCUT2D eigenvalue weighted by molar-refractivity contribution is -0.942. The molecular formula is C16H28N+. The zero-order valence-corrected chi connectivity index (χ0v) is 11.9. The van der Waals surface area contributed by atoms with Gasteiger partial charge in [0.15, 0.2) is 0 Å². The van der Waals surface area contributed by atoms with Crippen LogP contribution in [0.1, 0.15) is 58.8 Å². The van der Waals surface area contributed by atoms with E-state index < -0.39 is 0 Å². The monoisotopic (exact) mass is 234 g/mol. The van der Waals surface area contributed by atoms with Crippen LogP contribution in [0.5, 0.6) is 0 Å². The minimum Gasteiger partial charge on any atom is -0.317 e. The van der Waals surface area contributed by atoms with Crippen molar-refractivity contribution in [2.24, 2.45) is 5.92 Å². The van der Waals surface area contributed by atoms with Gasteiger partial charge in [0.2, 0.25) is 0 Å². The van der Waals surface area contributed by atoms with E-state index in [0.717, 1.165) is 5.92 Å². The molecular weight excluding hydrogens is 206 g/mol. The topological polar surface area (TPSA) is 0 Å². The third kappa shape index (κ3) is 1.54. The number of nitrogens with zero attached hydrogens (tertiary/aromatic N) is 1. The lowest BCUT2D eigenvalue weighted by Crippen LogP contribution is -2.60. The van der Waals surface area contributed by atoms with Crippen LogP contribution in [0.4, 0.5) is 0 Å². The molecule has 1 nitrogen and oxygen atoms in total. The Kier molecular flexibility index (Phi) is 2.66. The molecule has 0 radical (unpaired) electrons. The first kappa shape index (κ1) is 11.8. The molecule has 0 amide bonds. The molecule has 0 aromatic carbocycles. The Morgan fingerprint density at radius 1 is 1.24 bits per heavy atom. The van der Waals surface area contributed by atoms with Crippen molar-refractivity contribution in [1.82, 2.24) is 0 Å². The summed E-state index contributed by atoms with van der Waals surface area (Å²) in [5.74, 6) is 0.971. The third-order valence-electron chi connectivity index (χ3n) is 6.26. The quantitative estimate of drug-likeness (QED) is 0.477. The molecule has 2 aliphatic heterocycles. The Balaban J connectivity index is 2.01. The van der Waals surface area contributed by atoms with Crippen molar-refractivity contribution in [3.05, 3.63) is 11.1 Å². The van der Waals surface area contributed by atoms with Crippen molar-refractivity contribution in [2.75, 3.05) is 20.1 Å². The highest BCUT2D eigenvalue weighted by molar-refractivity contribution is 5.29. The average Bonchev–Trinajstić information content (AvgIpc) is 2.62. The molecule has 3 atom stereocenters. The van der Waals surface area contributed by atoms with Crippen LogP contribution in [0.15, 0.2) is 11.1 Å². The van der Waals surface area contributed by atoms with Crippen LogP contribution in [0.3, 0.4) is 0 Å². The summed E-state index contributed by atoms with van der Waals surface area (Å²) in [6.45, 7) is 7.81. The predicted octanol–water partition coefficient (Wildman–Crippen LogP) is 3.90. The zero-order valence-electron chi connectivity index (χ0n) is 11.9. The molecule has 0 aromatic heterocycles. The normalized spacial score (nSPS) is 45.7. The Morgan fingerprint density at radius 3 is 2.76 bits per heavy atom. The average molecular weight is 234 g/mol. The fourth-order valence-corrected chi connectivity index (χ4v) is 4.95. The lowest BCUT2D eigenvalue weighted by Gasteiger charge is -2.51. The highest BCUT2D eigenvalue weighted by Gasteiger charge is 2.56. The van der Waals surface area contributed by atoms with Crippen molar-refractivity contribution in [3.63, 3.8) is 0 Å². The van der Waals surface area contributed by atoms with Gasteiger partial charge in [-0.1, -0.05) is 12.5 Å². The van der Waals surface area contributed by atoms with E-state index in [1.165, 1.54) is 62.5 Å². The van der Waals surface area contributed by atoms with E-state index >= 15 is 0 Å². The second-order valence-corrected chi connectivity index (χ2v) is 7.09. The van der Waals surface area contributed by atoms with E-state index in [-0.39, 0.29) is 0 Å². The maximum Gasteiger partial charge on any atom is 0.118 e. The van der Waals surface area contributed by atoms with E-state index in [4.69, 9.17) is 0 Å². The second-order valence-electron chi connectivity index (χ2n) is 7.09. The van der Waals surface area contributed by atoms with Crippen LogP contribution in [0.25, 0.3) is 0 Å². The first-order chi connectivity index (χ1) is 8.09. The zero-order chi connectivity index (χ0) is 12.1. The maximum absolute atomic E-state index is 2.59. The van der Waals surface area contributed by atoms with Gasteiger partial charge in [0.1, 0.15) is 5.54 Å². The first-order valence-corrected chi connectivity index (χ1v) is 7.65. The largest absolute Gasteiger partial charge is 0.317 e. The fraction of sp³-hybridized carbons (Fsp3) is 0.875.